The topological polar surface area (TPSA) is 0 Å². The van der Waals surface area contributed by atoms with Crippen LogP contribution in [0.4, 0.5) is 0 Å². The van der Waals surface area contributed by atoms with Crippen molar-refractivity contribution in [1.29, 1.82) is 0 Å². The Bertz CT molecular complexity index is 404. The van der Waals surface area contributed by atoms with Crippen LogP contribution in [-0.2, 0) is 6.42 Å². The molecule has 0 aliphatic carbocycles. The maximum absolute atomic E-state index is 2.35. The van der Waals surface area contributed by atoms with Gasteiger partial charge in [-0.25, -0.2) is 0 Å². The van der Waals surface area contributed by atoms with Gasteiger partial charge in [0.2, 0.25) is 0 Å². The first-order chi connectivity index (χ1) is 8.08. The predicted octanol–water partition coefficient (Wildman–Crippen LogP) is 5.23. The highest BCUT2D eigenvalue weighted by Crippen LogP contribution is 2.10. The summed E-state index contributed by atoms with van der Waals surface area (Å²) in [5.41, 5.74) is 5.66. The van der Waals surface area contributed by atoms with Crippen molar-refractivity contribution < 1.29 is 0 Å². The molecule has 0 aliphatic heterocycles. The molecule has 0 spiro atoms. The van der Waals surface area contributed by atoms with Crippen LogP contribution in [0.25, 0.3) is 0 Å². The standard InChI is InChI=1S/C17H24/c1-14(2)7-5-8-15(3)11-12-17-10-6-9-16(4)13-17/h6-7,9-11,13H,5,8,12H2,1-4H3/b15-11+. The lowest BCUT2D eigenvalue weighted by Gasteiger charge is -2.01. The number of allylic oxidation sites excluding steroid dienone is 4. The number of benzene rings is 1. The van der Waals surface area contributed by atoms with Gasteiger partial charge in [0.1, 0.15) is 0 Å². The SMILES string of the molecule is CC(C)=CCC/C(C)=C/Cc1cccc(C)c1. The van der Waals surface area contributed by atoms with Crippen LogP contribution in [0.2, 0.25) is 0 Å². The van der Waals surface area contributed by atoms with Crippen molar-refractivity contribution in [2.45, 2.75) is 47.0 Å². The fourth-order valence-electron chi connectivity index (χ4n) is 1.82. The molecule has 0 heterocycles. The monoisotopic (exact) mass is 228 g/mol. The summed E-state index contributed by atoms with van der Waals surface area (Å²) in [5.74, 6) is 0. The number of hydrogen-bond donors (Lipinski definition) is 0. The summed E-state index contributed by atoms with van der Waals surface area (Å²) in [4.78, 5) is 0. The molecule has 0 atom stereocenters. The van der Waals surface area contributed by atoms with Crippen molar-refractivity contribution in [3.8, 4) is 0 Å². The van der Waals surface area contributed by atoms with Crippen molar-refractivity contribution in [3.05, 3.63) is 58.7 Å². The minimum absolute atomic E-state index is 1.06. The third-order valence-corrected chi connectivity index (χ3v) is 2.86. The summed E-state index contributed by atoms with van der Waals surface area (Å²) in [6.45, 7) is 8.70. The second-order valence-corrected chi connectivity index (χ2v) is 5.06. The second kappa shape index (κ2) is 7.11. The minimum atomic E-state index is 1.06. The van der Waals surface area contributed by atoms with Crippen molar-refractivity contribution >= 4 is 0 Å². The molecule has 0 aliphatic rings. The van der Waals surface area contributed by atoms with E-state index >= 15 is 0 Å². The summed E-state index contributed by atoms with van der Waals surface area (Å²) in [7, 11) is 0. The molecule has 0 unspecified atom stereocenters. The summed E-state index contributed by atoms with van der Waals surface area (Å²) in [6, 6.07) is 8.75. The molecule has 0 bridgehead atoms. The van der Waals surface area contributed by atoms with E-state index in [9.17, 15) is 0 Å². The lowest BCUT2D eigenvalue weighted by molar-refractivity contribution is 0.955. The van der Waals surface area contributed by atoms with E-state index in [1.165, 1.54) is 35.1 Å². The largest absolute Gasteiger partial charge is 0.0856 e. The van der Waals surface area contributed by atoms with E-state index in [2.05, 4.69) is 64.1 Å². The maximum atomic E-state index is 2.35. The van der Waals surface area contributed by atoms with Crippen LogP contribution in [0.15, 0.2) is 47.6 Å². The molecule has 1 aromatic carbocycles. The predicted molar refractivity (Wildman–Crippen MR) is 77.3 cm³/mol. The van der Waals surface area contributed by atoms with E-state index in [0.717, 1.165) is 6.42 Å². The van der Waals surface area contributed by atoms with Gasteiger partial charge < -0.3 is 0 Å². The van der Waals surface area contributed by atoms with Gasteiger partial charge in [0, 0.05) is 0 Å². The molecule has 0 aromatic heterocycles. The van der Waals surface area contributed by atoms with Gasteiger partial charge in [-0.3, -0.25) is 0 Å². The molecular formula is C17H24. The zero-order valence-electron chi connectivity index (χ0n) is 11.6. The van der Waals surface area contributed by atoms with E-state index in [-0.39, 0.29) is 0 Å². The molecule has 92 valence electrons. The van der Waals surface area contributed by atoms with Gasteiger partial charge in [-0.1, -0.05) is 53.1 Å². The second-order valence-electron chi connectivity index (χ2n) is 5.06. The normalized spacial score (nSPS) is 11.4. The van der Waals surface area contributed by atoms with Gasteiger partial charge in [0.15, 0.2) is 0 Å². The Morgan fingerprint density at radius 1 is 1.12 bits per heavy atom. The average Bonchev–Trinajstić information content (AvgIpc) is 2.26. The zero-order chi connectivity index (χ0) is 12.7. The Balaban J connectivity index is 2.45. The summed E-state index contributed by atoms with van der Waals surface area (Å²) in [5, 5.41) is 0. The summed E-state index contributed by atoms with van der Waals surface area (Å²) < 4.78 is 0. The van der Waals surface area contributed by atoms with E-state index in [1.807, 2.05) is 0 Å². The molecule has 0 saturated carbocycles. The number of aryl methyl sites for hydroxylation is 1. The number of rotatable bonds is 5. The Kier molecular flexibility index (Phi) is 5.76. The van der Waals surface area contributed by atoms with Crippen molar-refractivity contribution in [2.24, 2.45) is 0 Å². The summed E-state index contributed by atoms with van der Waals surface area (Å²) in [6.07, 6.45) is 8.06. The molecule has 0 amide bonds. The Labute approximate surface area is 106 Å². The quantitative estimate of drug-likeness (QED) is 0.605. The molecule has 0 nitrogen and oxygen atoms in total. The highest BCUT2D eigenvalue weighted by molar-refractivity contribution is 5.24. The van der Waals surface area contributed by atoms with Gasteiger partial charge in [0.25, 0.3) is 0 Å². The van der Waals surface area contributed by atoms with Crippen LogP contribution in [0, 0.1) is 6.92 Å². The van der Waals surface area contributed by atoms with Crippen molar-refractivity contribution in [1.82, 2.24) is 0 Å². The smallest absolute Gasteiger partial charge is 0.00948 e. The maximum Gasteiger partial charge on any atom is -0.00948 e. The van der Waals surface area contributed by atoms with Gasteiger partial charge in [-0.05, 0) is 52.5 Å². The molecule has 0 heteroatoms. The van der Waals surface area contributed by atoms with Gasteiger partial charge >= 0.3 is 0 Å². The van der Waals surface area contributed by atoms with Gasteiger partial charge in [-0.15, -0.1) is 0 Å². The Morgan fingerprint density at radius 2 is 1.88 bits per heavy atom. The molecule has 0 fully saturated rings. The molecule has 17 heavy (non-hydrogen) atoms. The first-order valence-electron chi connectivity index (χ1n) is 6.42. The van der Waals surface area contributed by atoms with Crippen LogP contribution in [0.5, 0.6) is 0 Å². The molecular weight excluding hydrogens is 204 g/mol. The van der Waals surface area contributed by atoms with Gasteiger partial charge in [-0.2, -0.15) is 0 Å². The summed E-state index contributed by atoms with van der Waals surface area (Å²) >= 11 is 0. The molecule has 0 N–H and O–H groups in total. The third kappa shape index (κ3) is 6.11. The van der Waals surface area contributed by atoms with Crippen LogP contribution < -0.4 is 0 Å². The zero-order valence-corrected chi connectivity index (χ0v) is 11.6. The molecule has 0 saturated heterocycles. The number of hydrogen-bond acceptors (Lipinski definition) is 0. The fraction of sp³-hybridized carbons (Fsp3) is 0.412. The van der Waals surface area contributed by atoms with Crippen molar-refractivity contribution in [3.63, 3.8) is 0 Å². The van der Waals surface area contributed by atoms with Gasteiger partial charge in [0.05, 0.1) is 0 Å². The molecule has 0 radical (unpaired) electrons. The van der Waals surface area contributed by atoms with Crippen LogP contribution in [0.3, 0.4) is 0 Å². The van der Waals surface area contributed by atoms with E-state index in [4.69, 9.17) is 0 Å². The highest BCUT2D eigenvalue weighted by Gasteiger charge is 1.92. The van der Waals surface area contributed by atoms with E-state index in [0.29, 0.717) is 0 Å². The molecule has 1 rings (SSSR count). The average molecular weight is 228 g/mol. The lowest BCUT2D eigenvalue weighted by Crippen LogP contribution is -1.84. The molecule has 1 aromatic rings. The fourth-order valence-corrected chi connectivity index (χ4v) is 1.82. The Hall–Kier alpha value is -1.30. The van der Waals surface area contributed by atoms with E-state index < -0.39 is 0 Å². The highest BCUT2D eigenvalue weighted by atomic mass is 14.0. The first kappa shape index (κ1) is 13.8. The van der Waals surface area contributed by atoms with Crippen LogP contribution >= 0.6 is 0 Å². The lowest BCUT2D eigenvalue weighted by atomic mass is 10.0. The Morgan fingerprint density at radius 3 is 2.53 bits per heavy atom. The first-order valence-corrected chi connectivity index (χ1v) is 6.42. The van der Waals surface area contributed by atoms with Crippen molar-refractivity contribution in [2.75, 3.05) is 0 Å². The minimum Gasteiger partial charge on any atom is -0.0856 e. The van der Waals surface area contributed by atoms with E-state index in [1.54, 1.807) is 0 Å². The van der Waals surface area contributed by atoms with Crippen LogP contribution in [0.1, 0.15) is 44.7 Å². The third-order valence-electron chi connectivity index (χ3n) is 2.86. The van der Waals surface area contributed by atoms with Crippen LogP contribution in [-0.4, -0.2) is 0 Å².